The van der Waals surface area contributed by atoms with Gasteiger partial charge in [0.2, 0.25) is 0 Å². The molecule has 1 fully saturated rings. The topological polar surface area (TPSA) is 21.3 Å². The Hall–Kier alpha value is -1.09. The van der Waals surface area contributed by atoms with Gasteiger partial charge in [0, 0.05) is 0 Å². The third-order valence-electron chi connectivity index (χ3n) is 4.47. The molecule has 20 heavy (non-hydrogen) atoms. The maximum atomic E-state index is 14.3. The molecule has 2 nitrogen and oxygen atoms in total. The minimum atomic E-state index is -0.186. The number of halogens is 1. The largest absolute Gasteiger partial charge is 0.494 e. The van der Waals surface area contributed by atoms with Gasteiger partial charge in [-0.25, -0.2) is 4.39 Å². The summed E-state index contributed by atoms with van der Waals surface area (Å²) in [6.45, 7) is 4.08. The molecule has 0 aliphatic heterocycles. The highest BCUT2D eigenvalue weighted by Gasteiger charge is 2.26. The fraction of sp³-hybridized carbons (Fsp3) is 0.647. The molecule has 1 saturated carbocycles. The zero-order valence-electron chi connectivity index (χ0n) is 12.6. The standard InChI is InChI=1S/C17H26FNO/c1-3-19-12-15(13-7-4-5-8-13)11-14-9-6-10-16(20-2)17(14)18/h6,9-10,13,15,19H,3-5,7-8,11-12H2,1-2H3. The molecule has 2 rings (SSSR count). The minimum Gasteiger partial charge on any atom is -0.494 e. The van der Waals surface area contributed by atoms with Gasteiger partial charge in [0.1, 0.15) is 0 Å². The smallest absolute Gasteiger partial charge is 0.168 e. The molecule has 1 unspecified atom stereocenters. The molecular weight excluding hydrogens is 253 g/mol. The number of nitrogens with one attached hydrogen (secondary N) is 1. The summed E-state index contributed by atoms with van der Waals surface area (Å²) < 4.78 is 19.4. The SMILES string of the molecule is CCNCC(Cc1cccc(OC)c1F)C1CCCC1. The Morgan fingerprint density at radius 1 is 1.35 bits per heavy atom. The van der Waals surface area contributed by atoms with Crippen LogP contribution in [0, 0.1) is 17.7 Å². The summed E-state index contributed by atoms with van der Waals surface area (Å²) in [7, 11) is 1.52. The van der Waals surface area contributed by atoms with Gasteiger partial charge in [0.05, 0.1) is 7.11 Å². The monoisotopic (exact) mass is 279 g/mol. The van der Waals surface area contributed by atoms with Crippen LogP contribution in [0.5, 0.6) is 5.75 Å². The van der Waals surface area contributed by atoms with Gasteiger partial charge in [-0.2, -0.15) is 0 Å². The van der Waals surface area contributed by atoms with Crippen molar-refractivity contribution in [2.24, 2.45) is 11.8 Å². The van der Waals surface area contributed by atoms with Gasteiger partial charge in [-0.3, -0.25) is 0 Å². The molecular formula is C17H26FNO. The van der Waals surface area contributed by atoms with Crippen molar-refractivity contribution in [1.82, 2.24) is 5.32 Å². The van der Waals surface area contributed by atoms with Crippen molar-refractivity contribution in [3.05, 3.63) is 29.6 Å². The van der Waals surface area contributed by atoms with Crippen molar-refractivity contribution in [2.45, 2.75) is 39.0 Å². The zero-order chi connectivity index (χ0) is 14.4. The number of ether oxygens (including phenoxy) is 1. The highest BCUT2D eigenvalue weighted by molar-refractivity contribution is 5.31. The Balaban J connectivity index is 2.10. The summed E-state index contributed by atoms with van der Waals surface area (Å²) >= 11 is 0. The van der Waals surface area contributed by atoms with Crippen LogP contribution in [0.25, 0.3) is 0 Å². The number of hydrogen-bond donors (Lipinski definition) is 1. The van der Waals surface area contributed by atoms with Gasteiger partial charge in [-0.05, 0) is 43.0 Å². The third-order valence-corrected chi connectivity index (χ3v) is 4.47. The van der Waals surface area contributed by atoms with Gasteiger partial charge in [-0.15, -0.1) is 0 Å². The molecule has 1 N–H and O–H groups in total. The molecule has 3 heteroatoms. The Kier molecular flexibility index (Phi) is 5.84. The highest BCUT2D eigenvalue weighted by atomic mass is 19.1. The molecule has 0 amide bonds. The van der Waals surface area contributed by atoms with Crippen LogP contribution in [0.2, 0.25) is 0 Å². The summed E-state index contributed by atoms with van der Waals surface area (Å²) in [6.07, 6.45) is 6.05. The first-order valence-corrected chi connectivity index (χ1v) is 7.78. The first kappa shape index (κ1) is 15.3. The lowest BCUT2D eigenvalue weighted by atomic mass is 9.85. The molecule has 1 aromatic rings. The van der Waals surface area contributed by atoms with E-state index in [-0.39, 0.29) is 5.82 Å². The van der Waals surface area contributed by atoms with Gasteiger partial charge in [0.25, 0.3) is 0 Å². The van der Waals surface area contributed by atoms with Crippen LogP contribution in [0.4, 0.5) is 4.39 Å². The van der Waals surface area contributed by atoms with Crippen LogP contribution in [0.3, 0.4) is 0 Å². The fourth-order valence-electron chi connectivity index (χ4n) is 3.32. The number of hydrogen-bond acceptors (Lipinski definition) is 2. The molecule has 0 heterocycles. The van der Waals surface area contributed by atoms with E-state index in [4.69, 9.17) is 4.74 Å². The molecule has 0 radical (unpaired) electrons. The van der Waals surface area contributed by atoms with Crippen molar-refractivity contribution < 1.29 is 9.13 Å². The molecule has 1 aromatic carbocycles. The van der Waals surface area contributed by atoms with Gasteiger partial charge >= 0.3 is 0 Å². The maximum Gasteiger partial charge on any atom is 0.168 e. The van der Waals surface area contributed by atoms with E-state index >= 15 is 0 Å². The van der Waals surface area contributed by atoms with Crippen LogP contribution in [0.1, 0.15) is 38.2 Å². The highest BCUT2D eigenvalue weighted by Crippen LogP contribution is 2.34. The van der Waals surface area contributed by atoms with E-state index in [2.05, 4.69) is 12.2 Å². The summed E-state index contributed by atoms with van der Waals surface area (Å²) in [5.74, 6) is 1.43. The van der Waals surface area contributed by atoms with Crippen molar-refractivity contribution in [3.63, 3.8) is 0 Å². The Labute approximate surface area is 121 Å². The van der Waals surface area contributed by atoms with Gasteiger partial charge in [0.15, 0.2) is 11.6 Å². The summed E-state index contributed by atoms with van der Waals surface area (Å²) in [4.78, 5) is 0. The summed E-state index contributed by atoms with van der Waals surface area (Å²) in [6, 6.07) is 5.47. The molecule has 1 atom stereocenters. The van der Waals surface area contributed by atoms with Crippen LogP contribution < -0.4 is 10.1 Å². The van der Waals surface area contributed by atoms with Crippen molar-refractivity contribution >= 4 is 0 Å². The minimum absolute atomic E-state index is 0.186. The van der Waals surface area contributed by atoms with Crippen molar-refractivity contribution in [3.8, 4) is 5.75 Å². The van der Waals surface area contributed by atoms with Crippen molar-refractivity contribution in [1.29, 1.82) is 0 Å². The predicted molar refractivity (Wildman–Crippen MR) is 80.6 cm³/mol. The molecule has 112 valence electrons. The fourth-order valence-corrected chi connectivity index (χ4v) is 3.32. The first-order chi connectivity index (χ1) is 9.76. The van der Waals surface area contributed by atoms with E-state index in [0.717, 1.165) is 31.0 Å². The number of benzene rings is 1. The molecule has 0 aromatic heterocycles. The van der Waals surface area contributed by atoms with E-state index in [1.165, 1.54) is 32.8 Å². The van der Waals surface area contributed by atoms with Crippen LogP contribution in [0.15, 0.2) is 18.2 Å². The first-order valence-electron chi connectivity index (χ1n) is 7.78. The summed E-state index contributed by atoms with van der Waals surface area (Å²) in [5.41, 5.74) is 0.791. The average Bonchev–Trinajstić information content (AvgIpc) is 2.99. The lowest BCUT2D eigenvalue weighted by Crippen LogP contribution is -2.29. The second-order valence-electron chi connectivity index (χ2n) is 5.75. The lowest BCUT2D eigenvalue weighted by molar-refractivity contribution is 0.317. The normalized spacial score (nSPS) is 17.4. The van der Waals surface area contributed by atoms with Gasteiger partial charge < -0.3 is 10.1 Å². The second-order valence-corrected chi connectivity index (χ2v) is 5.75. The third kappa shape index (κ3) is 3.72. The molecule has 0 spiro atoms. The van der Waals surface area contributed by atoms with E-state index in [1.807, 2.05) is 12.1 Å². The Morgan fingerprint density at radius 3 is 2.75 bits per heavy atom. The van der Waals surface area contributed by atoms with Crippen molar-refractivity contribution in [2.75, 3.05) is 20.2 Å². The maximum absolute atomic E-state index is 14.3. The molecule has 0 saturated heterocycles. The average molecular weight is 279 g/mol. The predicted octanol–water partition coefficient (Wildman–Crippen LogP) is 3.79. The molecule has 0 bridgehead atoms. The summed E-state index contributed by atoms with van der Waals surface area (Å²) in [5, 5.41) is 3.44. The quantitative estimate of drug-likeness (QED) is 0.820. The second kappa shape index (κ2) is 7.63. The van der Waals surface area contributed by atoms with E-state index in [1.54, 1.807) is 6.07 Å². The van der Waals surface area contributed by atoms with E-state index < -0.39 is 0 Å². The van der Waals surface area contributed by atoms with Crippen LogP contribution in [-0.2, 0) is 6.42 Å². The number of rotatable bonds is 7. The molecule has 1 aliphatic rings. The number of methoxy groups -OCH3 is 1. The van der Waals surface area contributed by atoms with E-state index in [9.17, 15) is 4.39 Å². The van der Waals surface area contributed by atoms with Gasteiger partial charge in [-0.1, -0.05) is 44.7 Å². The lowest BCUT2D eigenvalue weighted by Gasteiger charge is -2.24. The molecule has 1 aliphatic carbocycles. The van der Waals surface area contributed by atoms with Crippen LogP contribution in [-0.4, -0.2) is 20.2 Å². The Bertz CT molecular complexity index is 415. The Morgan fingerprint density at radius 2 is 2.10 bits per heavy atom. The van der Waals surface area contributed by atoms with E-state index in [0.29, 0.717) is 11.7 Å². The van der Waals surface area contributed by atoms with Crippen LogP contribution >= 0.6 is 0 Å². The zero-order valence-corrected chi connectivity index (χ0v) is 12.6.